The van der Waals surface area contributed by atoms with Gasteiger partial charge in [-0.3, -0.25) is 10.1 Å². The molecular formula is C14H17N3O2. The number of aromatic nitrogens is 1. The van der Waals surface area contributed by atoms with Gasteiger partial charge in [-0.2, -0.15) is 0 Å². The van der Waals surface area contributed by atoms with Crippen LogP contribution in [0.15, 0.2) is 42.7 Å². The normalized spacial score (nSPS) is 12.3. The van der Waals surface area contributed by atoms with Crippen LogP contribution in [0.1, 0.15) is 24.1 Å². The Bertz CT molecular complexity index is 576. The molecule has 5 nitrogen and oxygen atoms in total. The Balaban J connectivity index is 2.08. The smallest absolute Gasteiger partial charge is 0.272 e. The number of hydrogen-bond donors (Lipinski definition) is 1. The minimum absolute atomic E-state index is 0.00677. The van der Waals surface area contributed by atoms with Crippen molar-refractivity contribution < 1.29 is 4.92 Å². The summed E-state index contributed by atoms with van der Waals surface area (Å²) in [5.41, 5.74) is 7.80. The third kappa shape index (κ3) is 3.20. The maximum absolute atomic E-state index is 10.9. The van der Waals surface area contributed by atoms with Crippen molar-refractivity contribution in [3.63, 3.8) is 0 Å². The topological polar surface area (TPSA) is 74.1 Å². The monoisotopic (exact) mass is 259 g/mol. The molecule has 1 unspecified atom stereocenters. The van der Waals surface area contributed by atoms with E-state index >= 15 is 0 Å². The minimum Gasteiger partial charge on any atom is -0.354 e. The number of benzene rings is 1. The summed E-state index contributed by atoms with van der Waals surface area (Å²) in [7, 11) is 0. The van der Waals surface area contributed by atoms with Crippen molar-refractivity contribution in [3.8, 4) is 0 Å². The van der Waals surface area contributed by atoms with Crippen LogP contribution in [0.2, 0.25) is 0 Å². The fraction of sp³-hybridized carbons (Fsp3) is 0.286. The van der Waals surface area contributed by atoms with E-state index < -0.39 is 0 Å². The maximum Gasteiger partial charge on any atom is 0.272 e. The van der Waals surface area contributed by atoms with Crippen LogP contribution >= 0.6 is 0 Å². The lowest BCUT2D eigenvalue weighted by Gasteiger charge is -2.05. The van der Waals surface area contributed by atoms with Crippen LogP contribution in [0.5, 0.6) is 0 Å². The van der Waals surface area contributed by atoms with Gasteiger partial charge in [0.15, 0.2) is 0 Å². The third-order valence-electron chi connectivity index (χ3n) is 3.13. The average Bonchev–Trinajstić information content (AvgIpc) is 2.85. The molecule has 0 spiro atoms. The molecule has 0 fully saturated rings. The van der Waals surface area contributed by atoms with E-state index in [9.17, 15) is 10.1 Å². The number of nitro groups is 1. The van der Waals surface area contributed by atoms with Crippen molar-refractivity contribution >= 4 is 5.69 Å². The summed E-state index contributed by atoms with van der Waals surface area (Å²) in [6.45, 7) is 2.64. The molecule has 0 amide bonds. The first-order chi connectivity index (χ1) is 9.08. The average molecular weight is 259 g/mol. The second kappa shape index (κ2) is 5.67. The van der Waals surface area contributed by atoms with E-state index in [-0.39, 0.29) is 16.7 Å². The predicted molar refractivity (Wildman–Crippen MR) is 73.8 cm³/mol. The van der Waals surface area contributed by atoms with Gasteiger partial charge in [0.05, 0.1) is 4.92 Å². The van der Waals surface area contributed by atoms with Crippen molar-refractivity contribution in [1.29, 1.82) is 0 Å². The highest BCUT2D eigenvalue weighted by Crippen LogP contribution is 2.19. The molecule has 0 aliphatic carbocycles. The largest absolute Gasteiger partial charge is 0.354 e. The second-order valence-electron chi connectivity index (χ2n) is 4.61. The number of hydrogen-bond acceptors (Lipinski definition) is 3. The second-order valence-corrected chi connectivity index (χ2v) is 4.61. The Morgan fingerprint density at radius 1 is 1.37 bits per heavy atom. The fourth-order valence-electron chi connectivity index (χ4n) is 2.02. The van der Waals surface area contributed by atoms with Gasteiger partial charge in [-0.15, -0.1) is 0 Å². The van der Waals surface area contributed by atoms with Crippen LogP contribution in [0.25, 0.3) is 0 Å². The standard InChI is InChI=1S/C14H17N3O2/c1-11(15)13-7-9-16(10-13)8-6-12-4-2-3-5-14(12)17(18)19/h2-5,7,9-11H,6,8,15H2,1H3. The van der Waals surface area contributed by atoms with Crippen molar-refractivity contribution in [3.05, 3.63) is 64.0 Å². The van der Waals surface area contributed by atoms with Crippen LogP contribution < -0.4 is 5.73 Å². The molecule has 0 aliphatic heterocycles. The summed E-state index contributed by atoms with van der Waals surface area (Å²) >= 11 is 0. The Labute approximate surface area is 111 Å². The molecule has 1 aromatic carbocycles. The molecule has 5 heteroatoms. The summed E-state index contributed by atoms with van der Waals surface area (Å²) in [6, 6.07) is 8.83. The molecule has 0 bridgehead atoms. The van der Waals surface area contributed by atoms with Gasteiger partial charge < -0.3 is 10.3 Å². The Hall–Kier alpha value is -2.14. The van der Waals surface area contributed by atoms with Crippen molar-refractivity contribution in [2.24, 2.45) is 5.73 Å². The molecule has 0 saturated carbocycles. The van der Waals surface area contributed by atoms with E-state index in [0.29, 0.717) is 13.0 Å². The van der Waals surface area contributed by atoms with Crippen molar-refractivity contribution in [1.82, 2.24) is 4.57 Å². The van der Waals surface area contributed by atoms with Crippen LogP contribution in [-0.2, 0) is 13.0 Å². The Kier molecular flexibility index (Phi) is 3.97. The first-order valence-electron chi connectivity index (χ1n) is 6.21. The Morgan fingerprint density at radius 3 is 2.74 bits per heavy atom. The summed E-state index contributed by atoms with van der Waals surface area (Å²) in [4.78, 5) is 10.6. The molecule has 2 aromatic rings. The third-order valence-corrected chi connectivity index (χ3v) is 3.13. The molecular weight excluding hydrogens is 242 g/mol. The lowest BCUT2D eigenvalue weighted by molar-refractivity contribution is -0.385. The number of nitrogens with zero attached hydrogens (tertiary/aromatic N) is 2. The zero-order chi connectivity index (χ0) is 13.8. The first kappa shape index (κ1) is 13.3. The molecule has 2 N–H and O–H groups in total. The lowest BCUT2D eigenvalue weighted by atomic mass is 10.1. The first-order valence-corrected chi connectivity index (χ1v) is 6.21. The number of nitro benzene ring substituents is 1. The zero-order valence-corrected chi connectivity index (χ0v) is 10.8. The quantitative estimate of drug-likeness (QED) is 0.662. The van der Waals surface area contributed by atoms with E-state index in [1.165, 1.54) is 0 Å². The number of nitrogens with two attached hydrogens (primary N) is 1. The highest BCUT2D eigenvalue weighted by atomic mass is 16.6. The van der Waals surface area contributed by atoms with Gasteiger partial charge in [0.25, 0.3) is 5.69 Å². The summed E-state index contributed by atoms with van der Waals surface area (Å²) in [6.07, 6.45) is 4.57. The lowest BCUT2D eigenvalue weighted by Crippen LogP contribution is -2.04. The van der Waals surface area contributed by atoms with Crippen LogP contribution in [0, 0.1) is 10.1 Å². The minimum atomic E-state index is -0.335. The molecule has 0 radical (unpaired) electrons. The van der Waals surface area contributed by atoms with E-state index in [4.69, 9.17) is 5.73 Å². The molecule has 0 aliphatic rings. The van der Waals surface area contributed by atoms with E-state index in [0.717, 1.165) is 11.1 Å². The van der Waals surface area contributed by atoms with Gasteiger partial charge in [0.2, 0.25) is 0 Å². The number of aryl methyl sites for hydroxylation is 2. The van der Waals surface area contributed by atoms with Gasteiger partial charge in [-0.05, 0) is 25.0 Å². The summed E-state index contributed by atoms with van der Waals surface area (Å²) < 4.78 is 2.01. The molecule has 100 valence electrons. The fourth-order valence-corrected chi connectivity index (χ4v) is 2.02. The highest BCUT2D eigenvalue weighted by molar-refractivity contribution is 5.39. The molecule has 2 rings (SSSR count). The van der Waals surface area contributed by atoms with Crippen LogP contribution in [-0.4, -0.2) is 9.49 Å². The van der Waals surface area contributed by atoms with E-state index in [1.807, 2.05) is 36.0 Å². The molecule has 0 saturated heterocycles. The van der Waals surface area contributed by atoms with Gasteiger partial charge >= 0.3 is 0 Å². The van der Waals surface area contributed by atoms with Crippen LogP contribution in [0.3, 0.4) is 0 Å². The van der Waals surface area contributed by atoms with Crippen molar-refractivity contribution in [2.45, 2.75) is 25.9 Å². The maximum atomic E-state index is 10.9. The van der Waals surface area contributed by atoms with Crippen molar-refractivity contribution in [2.75, 3.05) is 0 Å². The van der Waals surface area contributed by atoms with Gasteiger partial charge in [-0.1, -0.05) is 18.2 Å². The summed E-state index contributed by atoms with van der Waals surface area (Å²) in [5.74, 6) is 0. The van der Waals surface area contributed by atoms with E-state index in [1.54, 1.807) is 18.2 Å². The molecule has 1 atom stereocenters. The van der Waals surface area contributed by atoms with Gasteiger partial charge in [0.1, 0.15) is 0 Å². The van der Waals surface area contributed by atoms with Crippen LogP contribution in [0.4, 0.5) is 5.69 Å². The molecule has 1 heterocycles. The predicted octanol–water partition coefficient (Wildman–Crippen LogP) is 2.66. The SMILES string of the molecule is CC(N)c1ccn(CCc2ccccc2[N+](=O)[O-])c1. The van der Waals surface area contributed by atoms with Gasteiger partial charge in [0, 0.05) is 36.6 Å². The summed E-state index contributed by atoms with van der Waals surface area (Å²) in [5, 5.41) is 10.9. The molecule has 1 aromatic heterocycles. The van der Waals surface area contributed by atoms with Gasteiger partial charge in [-0.25, -0.2) is 0 Å². The zero-order valence-electron chi connectivity index (χ0n) is 10.8. The highest BCUT2D eigenvalue weighted by Gasteiger charge is 2.11. The van der Waals surface area contributed by atoms with E-state index in [2.05, 4.69) is 0 Å². The number of para-hydroxylation sites is 1. The molecule has 19 heavy (non-hydrogen) atoms. The Morgan fingerprint density at radius 2 is 2.11 bits per heavy atom. The number of rotatable bonds is 5.